The standard InChI is InChI=1S/C20H21N7O2/c1-20(2,28)15-9-5-7-13(22-15)11-27-18-17(25-26-27)16(23-19(21)24-18)12-6-4-8-14(10-12)29-3/h4-10,28H,11H2,1-3H3,(H2,21,23,24). The number of fused-ring (bicyclic) bond motifs is 1. The number of hydrogen-bond acceptors (Lipinski definition) is 8. The Bertz CT molecular complexity index is 1180. The van der Waals surface area contributed by atoms with Gasteiger partial charge in [0.2, 0.25) is 5.95 Å². The maximum atomic E-state index is 10.2. The van der Waals surface area contributed by atoms with Crippen LogP contribution in [0.25, 0.3) is 22.4 Å². The predicted octanol–water partition coefficient (Wildman–Crippen LogP) is 2.15. The third-order valence-electron chi connectivity index (χ3n) is 4.47. The number of anilines is 1. The normalized spacial score (nSPS) is 11.7. The highest BCUT2D eigenvalue weighted by Gasteiger charge is 2.19. The van der Waals surface area contributed by atoms with Crippen molar-refractivity contribution in [3.05, 3.63) is 53.9 Å². The molecule has 29 heavy (non-hydrogen) atoms. The molecule has 0 aliphatic heterocycles. The number of hydrogen-bond donors (Lipinski definition) is 2. The molecule has 0 saturated heterocycles. The number of nitrogens with zero attached hydrogens (tertiary/aromatic N) is 6. The topological polar surface area (TPSA) is 125 Å². The average Bonchev–Trinajstić information content (AvgIpc) is 3.09. The Morgan fingerprint density at radius 2 is 1.90 bits per heavy atom. The highest BCUT2D eigenvalue weighted by molar-refractivity contribution is 5.88. The summed E-state index contributed by atoms with van der Waals surface area (Å²) in [5.41, 5.74) is 8.64. The molecule has 9 heteroatoms. The number of ether oxygens (including phenoxy) is 1. The van der Waals surface area contributed by atoms with Crippen molar-refractivity contribution in [3.8, 4) is 17.0 Å². The quantitative estimate of drug-likeness (QED) is 0.530. The van der Waals surface area contributed by atoms with Gasteiger partial charge in [-0.2, -0.15) is 4.98 Å². The molecule has 0 saturated carbocycles. The molecule has 0 radical (unpaired) electrons. The Kier molecular flexibility index (Phi) is 4.59. The summed E-state index contributed by atoms with van der Waals surface area (Å²) >= 11 is 0. The molecule has 0 spiro atoms. The van der Waals surface area contributed by atoms with Gasteiger partial charge in [0.1, 0.15) is 17.0 Å². The molecule has 0 amide bonds. The molecule has 0 atom stereocenters. The summed E-state index contributed by atoms with van der Waals surface area (Å²) in [5.74, 6) is 0.824. The monoisotopic (exact) mass is 391 g/mol. The predicted molar refractivity (Wildman–Crippen MR) is 108 cm³/mol. The van der Waals surface area contributed by atoms with Crippen molar-refractivity contribution >= 4 is 17.1 Å². The SMILES string of the molecule is COc1cccc(-c2nc(N)nc3c2nnn3Cc2cccc(C(C)(C)O)n2)c1. The van der Waals surface area contributed by atoms with Gasteiger partial charge in [0.25, 0.3) is 0 Å². The number of aliphatic hydroxyl groups is 1. The Balaban J connectivity index is 1.77. The minimum atomic E-state index is -1.04. The smallest absolute Gasteiger partial charge is 0.222 e. The number of nitrogens with two attached hydrogens (primary N) is 1. The van der Waals surface area contributed by atoms with E-state index >= 15 is 0 Å². The molecule has 1 aromatic carbocycles. The molecule has 3 heterocycles. The van der Waals surface area contributed by atoms with Crippen LogP contribution >= 0.6 is 0 Å². The summed E-state index contributed by atoms with van der Waals surface area (Å²) in [6, 6.07) is 13.0. The van der Waals surface area contributed by atoms with E-state index in [9.17, 15) is 5.11 Å². The number of rotatable bonds is 5. The van der Waals surface area contributed by atoms with Crippen LogP contribution in [-0.2, 0) is 12.1 Å². The first kappa shape index (κ1) is 18.8. The van der Waals surface area contributed by atoms with Gasteiger partial charge in [0.15, 0.2) is 11.2 Å². The summed E-state index contributed by atoms with van der Waals surface area (Å²) in [6.07, 6.45) is 0. The fourth-order valence-corrected chi connectivity index (χ4v) is 3.01. The van der Waals surface area contributed by atoms with E-state index in [1.807, 2.05) is 36.4 Å². The van der Waals surface area contributed by atoms with Crippen molar-refractivity contribution in [1.29, 1.82) is 0 Å². The lowest BCUT2D eigenvalue weighted by Crippen LogP contribution is -2.18. The van der Waals surface area contributed by atoms with Gasteiger partial charge in [-0.15, -0.1) is 5.10 Å². The fourth-order valence-electron chi connectivity index (χ4n) is 3.01. The molecule has 0 aliphatic carbocycles. The third-order valence-corrected chi connectivity index (χ3v) is 4.47. The van der Waals surface area contributed by atoms with Crippen LogP contribution < -0.4 is 10.5 Å². The van der Waals surface area contributed by atoms with Gasteiger partial charge >= 0.3 is 0 Å². The molecule has 0 unspecified atom stereocenters. The second-order valence-electron chi connectivity index (χ2n) is 7.15. The van der Waals surface area contributed by atoms with Crippen molar-refractivity contribution in [3.63, 3.8) is 0 Å². The lowest BCUT2D eigenvalue weighted by Gasteiger charge is -2.17. The van der Waals surface area contributed by atoms with Gasteiger partial charge in [-0.25, -0.2) is 9.67 Å². The molecule has 0 fully saturated rings. The summed E-state index contributed by atoms with van der Waals surface area (Å²) < 4.78 is 6.92. The van der Waals surface area contributed by atoms with Crippen LogP contribution in [0, 0.1) is 0 Å². The molecule has 148 valence electrons. The van der Waals surface area contributed by atoms with Crippen LogP contribution in [0.2, 0.25) is 0 Å². The van der Waals surface area contributed by atoms with Crippen LogP contribution in [0.4, 0.5) is 5.95 Å². The number of pyridine rings is 1. The van der Waals surface area contributed by atoms with Crippen LogP contribution in [0.3, 0.4) is 0 Å². The first-order chi connectivity index (χ1) is 13.8. The van der Waals surface area contributed by atoms with Crippen molar-refractivity contribution in [2.24, 2.45) is 0 Å². The summed E-state index contributed by atoms with van der Waals surface area (Å²) in [4.78, 5) is 13.2. The lowest BCUT2D eigenvalue weighted by molar-refractivity contribution is 0.0736. The van der Waals surface area contributed by atoms with E-state index in [4.69, 9.17) is 10.5 Å². The third kappa shape index (κ3) is 3.72. The highest BCUT2D eigenvalue weighted by atomic mass is 16.5. The number of benzene rings is 1. The summed E-state index contributed by atoms with van der Waals surface area (Å²) in [7, 11) is 1.61. The van der Waals surface area contributed by atoms with Crippen molar-refractivity contribution < 1.29 is 9.84 Å². The second kappa shape index (κ2) is 7.10. The molecule has 9 nitrogen and oxygen atoms in total. The first-order valence-corrected chi connectivity index (χ1v) is 9.05. The van der Waals surface area contributed by atoms with Crippen molar-refractivity contribution in [2.45, 2.75) is 26.0 Å². The van der Waals surface area contributed by atoms with Crippen LogP contribution in [-0.4, -0.2) is 42.2 Å². The van der Waals surface area contributed by atoms with Crippen molar-refractivity contribution in [1.82, 2.24) is 29.9 Å². The second-order valence-corrected chi connectivity index (χ2v) is 7.15. The van der Waals surface area contributed by atoms with E-state index in [-0.39, 0.29) is 5.95 Å². The highest BCUT2D eigenvalue weighted by Crippen LogP contribution is 2.28. The Morgan fingerprint density at radius 1 is 1.10 bits per heavy atom. The molecule has 4 rings (SSSR count). The largest absolute Gasteiger partial charge is 0.497 e. The molecule has 0 aliphatic rings. The zero-order valence-corrected chi connectivity index (χ0v) is 16.4. The van der Waals surface area contributed by atoms with Gasteiger partial charge in [-0.05, 0) is 38.1 Å². The molecule has 0 bridgehead atoms. The summed E-state index contributed by atoms with van der Waals surface area (Å²) in [6.45, 7) is 3.71. The molecule has 3 N–H and O–H groups in total. The van der Waals surface area contributed by atoms with Crippen LogP contribution in [0.5, 0.6) is 5.75 Å². The van der Waals surface area contributed by atoms with Crippen LogP contribution in [0.15, 0.2) is 42.5 Å². The number of nitrogen functional groups attached to an aromatic ring is 1. The van der Waals surface area contributed by atoms with Gasteiger partial charge in [-0.1, -0.05) is 23.4 Å². The van der Waals surface area contributed by atoms with E-state index in [0.29, 0.717) is 34.8 Å². The van der Waals surface area contributed by atoms with Gasteiger partial charge < -0.3 is 15.6 Å². The number of methoxy groups -OCH3 is 1. The van der Waals surface area contributed by atoms with Crippen molar-refractivity contribution in [2.75, 3.05) is 12.8 Å². The van der Waals surface area contributed by atoms with E-state index in [1.54, 1.807) is 31.7 Å². The number of aromatic nitrogens is 6. The molecular weight excluding hydrogens is 370 g/mol. The Morgan fingerprint density at radius 3 is 2.66 bits per heavy atom. The zero-order valence-electron chi connectivity index (χ0n) is 16.4. The zero-order chi connectivity index (χ0) is 20.6. The Hall–Kier alpha value is -3.59. The van der Waals surface area contributed by atoms with Crippen LogP contribution in [0.1, 0.15) is 25.2 Å². The summed E-state index contributed by atoms with van der Waals surface area (Å²) in [5, 5.41) is 18.7. The van der Waals surface area contributed by atoms with E-state index < -0.39 is 5.60 Å². The van der Waals surface area contributed by atoms with Gasteiger partial charge in [-0.3, -0.25) is 4.98 Å². The van der Waals surface area contributed by atoms with E-state index in [0.717, 1.165) is 11.3 Å². The van der Waals surface area contributed by atoms with Gasteiger partial charge in [0.05, 0.1) is 25.0 Å². The minimum Gasteiger partial charge on any atom is -0.497 e. The molecule has 3 aromatic heterocycles. The Labute approximate surface area is 167 Å². The first-order valence-electron chi connectivity index (χ1n) is 9.05. The lowest BCUT2D eigenvalue weighted by atomic mass is 10.0. The molecule has 4 aromatic rings. The minimum absolute atomic E-state index is 0.122. The van der Waals surface area contributed by atoms with Gasteiger partial charge in [0, 0.05) is 5.56 Å². The average molecular weight is 391 g/mol. The maximum absolute atomic E-state index is 10.2. The van der Waals surface area contributed by atoms with E-state index in [2.05, 4.69) is 25.3 Å². The maximum Gasteiger partial charge on any atom is 0.222 e. The molecular formula is C20H21N7O2. The van der Waals surface area contributed by atoms with E-state index in [1.165, 1.54) is 0 Å². The fraction of sp³-hybridized carbons (Fsp3) is 0.250.